The summed E-state index contributed by atoms with van der Waals surface area (Å²) in [6.07, 6.45) is 1.02. The first-order valence-electron chi connectivity index (χ1n) is 10.9. The van der Waals surface area contributed by atoms with E-state index in [4.69, 9.17) is 11.6 Å². The van der Waals surface area contributed by atoms with Gasteiger partial charge in [0.15, 0.2) is 0 Å². The summed E-state index contributed by atoms with van der Waals surface area (Å²) >= 11 is 6.03. The number of aromatic nitrogens is 1. The molecule has 2 amide bonds. The summed E-state index contributed by atoms with van der Waals surface area (Å²) in [6.45, 7) is 0.785. The van der Waals surface area contributed by atoms with Crippen LogP contribution in [-0.4, -0.2) is 29.0 Å². The number of rotatable bonds is 5. The van der Waals surface area contributed by atoms with Crippen molar-refractivity contribution in [3.05, 3.63) is 112 Å². The van der Waals surface area contributed by atoms with Crippen LogP contribution in [-0.2, 0) is 18.1 Å². The molecule has 2 aromatic carbocycles. The van der Waals surface area contributed by atoms with Crippen LogP contribution in [0.15, 0.2) is 79.0 Å². The molecule has 0 bridgehead atoms. The van der Waals surface area contributed by atoms with Gasteiger partial charge in [0.25, 0.3) is 0 Å². The molecule has 1 aliphatic rings. The lowest BCUT2D eigenvalue weighted by atomic mass is 9.79. The van der Waals surface area contributed by atoms with Gasteiger partial charge >= 0.3 is 12.2 Å². The first kappa shape index (κ1) is 24.7. The predicted molar refractivity (Wildman–Crippen MR) is 125 cm³/mol. The van der Waals surface area contributed by atoms with E-state index in [1.54, 1.807) is 35.2 Å². The highest BCUT2D eigenvalue weighted by molar-refractivity contribution is 6.30. The summed E-state index contributed by atoms with van der Waals surface area (Å²) in [5, 5.41) is 3.23. The van der Waals surface area contributed by atoms with Crippen molar-refractivity contribution in [2.45, 2.75) is 24.6 Å². The van der Waals surface area contributed by atoms with Crippen LogP contribution in [0.4, 0.5) is 22.4 Å². The normalized spacial score (nSPS) is 15.5. The SMILES string of the molecule is O=C(NC(Cc1ccccc1)(c1cc(F)cc(C(F)(F)F)c1)c1ccc(Cl)cn1)N1CC=CCC1. The molecule has 0 radical (unpaired) electrons. The molecule has 1 unspecified atom stereocenters. The number of pyridine rings is 1. The lowest BCUT2D eigenvalue weighted by Crippen LogP contribution is -2.54. The lowest BCUT2D eigenvalue weighted by Gasteiger charge is -2.38. The third-order valence-corrected chi connectivity index (χ3v) is 6.08. The highest BCUT2D eigenvalue weighted by Gasteiger charge is 2.41. The van der Waals surface area contributed by atoms with Crippen molar-refractivity contribution < 1.29 is 22.4 Å². The minimum atomic E-state index is -4.79. The Hall–Kier alpha value is -3.39. The fourth-order valence-electron chi connectivity index (χ4n) is 4.14. The number of hydrogen-bond acceptors (Lipinski definition) is 2. The van der Waals surface area contributed by atoms with Gasteiger partial charge in [-0.1, -0.05) is 54.1 Å². The molecule has 2 heterocycles. The quantitative estimate of drug-likeness (QED) is 0.326. The van der Waals surface area contributed by atoms with E-state index in [1.807, 2.05) is 12.2 Å². The summed E-state index contributed by atoms with van der Waals surface area (Å²) in [5.74, 6) is -1.07. The predicted octanol–water partition coefficient (Wildman–Crippen LogP) is 6.35. The lowest BCUT2D eigenvalue weighted by molar-refractivity contribution is -0.137. The van der Waals surface area contributed by atoms with Gasteiger partial charge in [0.2, 0.25) is 0 Å². The fourth-order valence-corrected chi connectivity index (χ4v) is 4.25. The highest BCUT2D eigenvalue weighted by Crippen LogP contribution is 2.38. The Morgan fingerprint density at radius 1 is 1.03 bits per heavy atom. The second-order valence-corrected chi connectivity index (χ2v) is 8.73. The van der Waals surface area contributed by atoms with Gasteiger partial charge in [0.1, 0.15) is 11.4 Å². The van der Waals surface area contributed by atoms with Gasteiger partial charge in [-0.05, 0) is 47.9 Å². The number of nitrogens with one attached hydrogen (secondary N) is 1. The van der Waals surface area contributed by atoms with Gasteiger partial charge < -0.3 is 10.2 Å². The third kappa shape index (κ3) is 5.65. The first-order chi connectivity index (χ1) is 16.7. The van der Waals surface area contributed by atoms with E-state index in [9.17, 15) is 22.4 Å². The van der Waals surface area contributed by atoms with Crippen LogP contribution < -0.4 is 5.32 Å². The molecule has 35 heavy (non-hydrogen) atoms. The van der Waals surface area contributed by atoms with Gasteiger partial charge in [-0.15, -0.1) is 0 Å². The van der Waals surface area contributed by atoms with Crippen LogP contribution in [0.1, 0.15) is 28.8 Å². The highest BCUT2D eigenvalue weighted by atomic mass is 35.5. The monoisotopic (exact) mass is 503 g/mol. The Morgan fingerprint density at radius 2 is 1.77 bits per heavy atom. The van der Waals surface area contributed by atoms with Gasteiger partial charge in [-0.2, -0.15) is 13.2 Å². The molecule has 1 aromatic heterocycles. The Kier molecular flexibility index (Phi) is 7.12. The molecule has 0 spiro atoms. The smallest absolute Gasteiger partial charge is 0.322 e. The molecule has 9 heteroatoms. The number of hydrogen-bond donors (Lipinski definition) is 1. The van der Waals surface area contributed by atoms with E-state index in [-0.39, 0.29) is 17.7 Å². The summed E-state index contributed by atoms with van der Waals surface area (Å²) in [4.78, 5) is 19.3. The van der Waals surface area contributed by atoms with Crippen LogP contribution in [0.2, 0.25) is 5.02 Å². The van der Waals surface area contributed by atoms with Crippen molar-refractivity contribution in [2.75, 3.05) is 13.1 Å². The fraction of sp³-hybridized carbons (Fsp3) is 0.231. The summed E-state index contributed by atoms with van der Waals surface area (Å²) in [6, 6.07) is 13.8. The van der Waals surface area contributed by atoms with Crippen LogP contribution in [0, 0.1) is 5.82 Å². The third-order valence-electron chi connectivity index (χ3n) is 5.86. The van der Waals surface area contributed by atoms with Crippen molar-refractivity contribution >= 4 is 17.6 Å². The number of nitrogens with zero attached hydrogens (tertiary/aromatic N) is 2. The maximum absolute atomic E-state index is 14.6. The molecule has 0 saturated heterocycles. The Balaban J connectivity index is 1.93. The molecule has 1 N–H and O–H groups in total. The largest absolute Gasteiger partial charge is 0.416 e. The van der Waals surface area contributed by atoms with Crippen molar-refractivity contribution in [1.29, 1.82) is 0 Å². The van der Waals surface area contributed by atoms with E-state index < -0.39 is 29.1 Å². The van der Waals surface area contributed by atoms with Crippen molar-refractivity contribution in [1.82, 2.24) is 15.2 Å². The van der Waals surface area contributed by atoms with E-state index in [0.717, 1.165) is 12.1 Å². The number of alkyl halides is 3. The van der Waals surface area contributed by atoms with E-state index in [1.165, 1.54) is 18.3 Å². The number of amides is 2. The topological polar surface area (TPSA) is 45.2 Å². The zero-order chi connectivity index (χ0) is 25.1. The van der Waals surface area contributed by atoms with Crippen LogP contribution in [0.3, 0.4) is 0 Å². The Morgan fingerprint density at radius 3 is 2.40 bits per heavy atom. The van der Waals surface area contributed by atoms with E-state index in [0.29, 0.717) is 36.2 Å². The zero-order valence-corrected chi connectivity index (χ0v) is 19.3. The Labute approximate surface area is 205 Å². The average molecular weight is 504 g/mol. The minimum Gasteiger partial charge on any atom is -0.322 e. The maximum atomic E-state index is 14.6. The summed E-state index contributed by atoms with van der Waals surface area (Å²) in [7, 11) is 0. The van der Waals surface area contributed by atoms with Crippen LogP contribution >= 0.6 is 11.6 Å². The molecule has 182 valence electrons. The van der Waals surface area contributed by atoms with E-state index >= 15 is 0 Å². The molecule has 1 atom stereocenters. The van der Waals surface area contributed by atoms with Gasteiger partial charge in [-0.25, -0.2) is 9.18 Å². The van der Waals surface area contributed by atoms with Crippen molar-refractivity contribution in [3.63, 3.8) is 0 Å². The van der Waals surface area contributed by atoms with Gasteiger partial charge in [0, 0.05) is 25.7 Å². The molecular weight excluding hydrogens is 482 g/mol. The summed E-state index contributed by atoms with van der Waals surface area (Å²) in [5.41, 5.74) is -1.92. The number of halogens is 5. The van der Waals surface area contributed by atoms with Crippen molar-refractivity contribution in [3.8, 4) is 0 Å². The van der Waals surface area contributed by atoms with Gasteiger partial charge in [-0.3, -0.25) is 4.98 Å². The molecule has 4 nitrogen and oxygen atoms in total. The summed E-state index contributed by atoms with van der Waals surface area (Å²) < 4.78 is 55.6. The molecule has 0 aliphatic carbocycles. The number of carbonyl (C=O) groups is 1. The molecule has 3 aromatic rings. The Bertz CT molecular complexity index is 1220. The van der Waals surface area contributed by atoms with Crippen LogP contribution in [0.25, 0.3) is 0 Å². The second kappa shape index (κ2) is 10.1. The second-order valence-electron chi connectivity index (χ2n) is 8.29. The molecular formula is C26H22ClF4N3O. The van der Waals surface area contributed by atoms with Crippen molar-refractivity contribution in [2.24, 2.45) is 0 Å². The molecule has 0 fully saturated rings. The first-order valence-corrected chi connectivity index (χ1v) is 11.3. The number of benzene rings is 2. The minimum absolute atomic E-state index is 0.0264. The van der Waals surface area contributed by atoms with E-state index in [2.05, 4.69) is 10.3 Å². The molecule has 4 rings (SSSR count). The van der Waals surface area contributed by atoms with Crippen LogP contribution in [0.5, 0.6) is 0 Å². The van der Waals surface area contributed by atoms with Gasteiger partial charge in [0.05, 0.1) is 16.3 Å². The standard InChI is InChI=1S/C26H22ClF4N3O/c27-21-9-10-23(32-17-21)25(16-18-7-3-1-4-8-18,33-24(35)34-11-5-2-6-12-34)19-13-20(26(29,30)31)15-22(28)14-19/h1-5,7-10,13-15,17H,6,11-12,16H2,(H,33,35). The molecule has 0 saturated carbocycles. The average Bonchev–Trinajstić information content (AvgIpc) is 2.84. The molecule has 1 aliphatic heterocycles. The number of urea groups is 1. The number of carbonyl (C=O) groups excluding carboxylic acids is 1. The zero-order valence-electron chi connectivity index (χ0n) is 18.5. The maximum Gasteiger partial charge on any atom is 0.416 e.